The number of hydrogen-bond acceptors (Lipinski definition) is 0. The molecule has 53 heavy (non-hydrogen) atoms. The Morgan fingerprint density at radius 2 is 0.736 bits per heavy atom. The minimum Gasteiger partial charge on any atom is -0.0616 e. The molecule has 1 aliphatic carbocycles. The van der Waals surface area contributed by atoms with Crippen LogP contribution < -0.4 is 0 Å². The summed E-state index contributed by atoms with van der Waals surface area (Å²) in [6.45, 7) is 4.74. The maximum absolute atomic E-state index is 2.46. The SMILES string of the molecule is CC1(C)c2ccc(-c3ccc(-c4c5ccccc5c(-c5cccc6ccccc56)c5ccccc45)c4ccccc34)cc2-c2c1ccc1ccccc21. The highest BCUT2D eigenvalue weighted by Crippen LogP contribution is 2.53. The zero-order valence-electron chi connectivity index (χ0n) is 29.8. The van der Waals surface area contributed by atoms with E-state index in [9.17, 15) is 0 Å². The Labute approximate surface area is 309 Å². The first-order chi connectivity index (χ1) is 26.1. The second-order valence-electron chi connectivity index (χ2n) is 15.2. The zero-order chi connectivity index (χ0) is 35.3. The molecule has 248 valence electrons. The first-order valence-corrected chi connectivity index (χ1v) is 18.7. The lowest BCUT2D eigenvalue weighted by Crippen LogP contribution is -2.14. The van der Waals surface area contributed by atoms with Crippen LogP contribution in [0.2, 0.25) is 0 Å². The van der Waals surface area contributed by atoms with E-state index in [-0.39, 0.29) is 5.41 Å². The van der Waals surface area contributed by atoms with Crippen molar-refractivity contribution in [1.29, 1.82) is 0 Å². The molecule has 1 aliphatic rings. The first kappa shape index (κ1) is 30.2. The molecule has 0 bridgehead atoms. The van der Waals surface area contributed by atoms with E-state index >= 15 is 0 Å². The molecule has 0 aliphatic heterocycles. The molecule has 0 unspecified atom stereocenters. The Balaban J connectivity index is 1.16. The molecular weight excluding hydrogens is 637 g/mol. The van der Waals surface area contributed by atoms with Crippen molar-refractivity contribution < 1.29 is 0 Å². The normalized spacial score (nSPS) is 13.2. The van der Waals surface area contributed by atoms with Crippen LogP contribution in [0.1, 0.15) is 25.0 Å². The lowest BCUT2D eigenvalue weighted by Gasteiger charge is -2.22. The van der Waals surface area contributed by atoms with Crippen LogP contribution in [0.5, 0.6) is 0 Å². The maximum atomic E-state index is 2.46. The Morgan fingerprint density at radius 3 is 1.38 bits per heavy atom. The van der Waals surface area contributed by atoms with Crippen LogP contribution in [-0.4, -0.2) is 0 Å². The third kappa shape index (κ3) is 4.30. The molecule has 0 atom stereocenters. The quantitative estimate of drug-likeness (QED) is 0.164. The lowest BCUT2D eigenvalue weighted by molar-refractivity contribution is 0.661. The van der Waals surface area contributed by atoms with E-state index in [2.05, 4.69) is 196 Å². The van der Waals surface area contributed by atoms with Crippen LogP contribution in [0.3, 0.4) is 0 Å². The molecule has 0 spiro atoms. The number of rotatable bonds is 3. The molecule has 11 rings (SSSR count). The van der Waals surface area contributed by atoms with Gasteiger partial charge in [-0.05, 0) is 116 Å². The zero-order valence-corrected chi connectivity index (χ0v) is 29.8. The van der Waals surface area contributed by atoms with E-state index < -0.39 is 0 Å². The maximum Gasteiger partial charge on any atom is 0.0159 e. The van der Waals surface area contributed by atoms with Crippen LogP contribution >= 0.6 is 0 Å². The molecule has 0 nitrogen and oxygen atoms in total. The van der Waals surface area contributed by atoms with Crippen LogP contribution in [0, 0.1) is 0 Å². The molecule has 10 aromatic carbocycles. The average molecular weight is 673 g/mol. The van der Waals surface area contributed by atoms with Gasteiger partial charge in [0.1, 0.15) is 0 Å². The highest BCUT2D eigenvalue weighted by Gasteiger charge is 2.36. The number of hydrogen-bond donors (Lipinski definition) is 0. The fourth-order valence-electron chi connectivity index (χ4n) is 9.61. The largest absolute Gasteiger partial charge is 0.0616 e. The van der Waals surface area contributed by atoms with E-state index in [1.54, 1.807) is 0 Å². The molecule has 0 saturated carbocycles. The summed E-state index contributed by atoms with van der Waals surface area (Å²) < 4.78 is 0. The highest BCUT2D eigenvalue weighted by molar-refractivity contribution is 6.25. The van der Waals surface area contributed by atoms with Crippen molar-refractivity contribution >= 4 is 53.9 Å². The molecule has 10 aromatic rings. The van der Waals surface area contributed by atoms with Crippen molar-refractivity contribution in [3.8, 4) is 44.5 Å². The second-order valence-corrected chi connectivity index (χ2v) is 15.2. The summed E-state index contributed by atoms with van der Waals surface area (Å²) in [5.74, 6) is 0. The Hall–Kier alpha value is -6.50. The predicted molar refractivity (Wildman–Crippen MR) is 228 cm³/mol. The van der Waals surface area contributed by atoms with Crippen LogP contribution in [0.4, 0.5) is 0 Å². The first-order valence-electron chi connectivity index (χ1n) is 18.7. The van der Waals surface area contributed by atoms with Gasteiger partial charge in [0, 0.05) is 5.41 Å². The topological polar surface area (TPSA) is 0 Å². The summed E-state index contributed by atoms with van der Waals surface area (Å²) in [5.41, 5.74) is 13.1. The van der Waals surface area contributed by atoms with Gasteiger partial charge in [0.25, 0.3) is 0 Å². The third-order valence-electron chi connectivity index (χ3n) is 12.1. The number of benzene rings is 10. The van der Waals surface area contributed by atoms with E-state index in [1.165, 1.54) is 109 Å². The van der Waals surface area contributed by atoms with Gasteiger partial charge in [0.05, 0.1) is 0 Å². The Kier molecular flexibility index (Phi) is 6.40. The Bertz CT molecular complexity index is 3080. The van der Waals surface area contributed by atoms with Crippen molar-refractivity contribution in [1.82, 2.24) is 0 Å². The van der Waals surface area contributed by atoms with Crippen LogP contribution in [-0.2, 0) is 5.41 Å². The van der Waals surface area contributed by atoms with Crippen molar-refractivity contribution in [3.63, 3.8) is 0 Å². The monoisotopic (exact) mass is 672 g/mol. The van der Waals surface area contributed by atoms with Crippen molar-refractivity contribution in [2.75, 3.05) is 0 Å². The summed E-state index contributed by atoms with van der Waals surface area (Å²) in [6.07, 6.45) is 0. The van der Waals surface area contributed by atoms with E-state index in [0.717, 1.165) is 0 Å². The molecule has 0 heterocycles. The van der Waals surface area contributed by atoms with Gasteiger partial charge in [-0.1, -0.05) is 190 Å². The molecule has 0 fully saturated rings. The fourth-order valence-corrected chi connectivity index (χ4v) is 9.61. The van der Waals surface area contributed by atoms with Crippen LogP contribution in [0.25, 0.3) is 98.4 Å². The predicted octanol–water partition coefficient (Wildman–Crippen LogP) is 14.8. The van der Waals surface area contributed by atoms with E-state index in [1.807, 2.05) is 0 Å². The minimum absolute atomic E-state index is 0.0561. The van der Waals surface area contributed by atoms with Gasteiger partial charge in [-0.25, -0.2) is 0 Å². The van der Waals surface area contributed by atoms with Gasteiger partial charge in [0.2, 0.25) is 0 Å². The van der Waals surface area contributed by atoms with Crippen LogP contribution in [0.15, 0.2) is 182 Å². The standard InChI is InChI=1S/C53H36/c1-53(2)48-30-27-35(32-47(48)52-38-18-6-4-15-34(38)26-31-49(52)53)37-28-29-46(40-20-8-7-19-39(37)40)51-44-23-11-9-21-42(44)50(43-22-10-12-24-45(43)51)41-25-13-16-33-14-3-5-17-36(33)41/h3-32H,1-2H3. The number of fused-ring (bicyclic) bond motifs is 9. The summed E-state index contributed by atoms with van der Waals surface area (Å²) >= 11 is 0. The lowest BCUT2D eigenvalue weighted by atomic mass is 9.81. The van der Waals surface area contributed by atoms with E-state index in [0.29, 0.717) is 0 Å². The summed E-state index contributed by atoms with van der Waals surface area (Å²) in [6, 6.07) is 67.9. The smallest absolute Gasteiger partial charge is 0.0159 e. The molecular formula is C53H36. The van der Waals surface area contributed by atoms with E-state index in [4.69, 9.17) is 0 Å². The molecule has 0 amide bonds. The molecule has 0 radical (unpaired) electrons. The highest BCUT2D eigenvalue weighted by atomic mass is 14.4. The van der Waals surface area contributed by atoms with Crippen molar-refractivity contribution in [2.45, 2.75) is 19.3 Å². The van der Waals surface area contributed by atoms with Gasteiger partial charge in [-0.2, -0.15) is 0 Å². The molecule has 0 N–H and O–H groups in total. The third-order valence-corrected chi connectivity index (χ3v) is 12.1. The summed E-state index contributed by atoms with van der Waals surface area (Å²) in [7, 11) is 0. The van der Waals surface area contributed by atoms with Gasteiger partial charge in [0.15, 0.2) is 0 Å². The van der Waals surface area contributed by atoms with Gasteiger partial charge >= 0.3 is 0 Å². The van der Waals surface area contributed by atoms with Gasteiger partial charge in [-0.3, -0.25) is 0 Å². The van der Waals surface area contributed by atoms with Gasteiger partial charge < -0.3 is 0 Å². The molecule has 0 aromatic heterocycles. The van der Waals surface area contributed by atoms with Gasteiger partial charge in [-0.15, -0.1) is 0 Å². The molecule has 0 heteroatoms. The summed E-state index contributed by atoms with van der Waals surface area (Å²) in [5, 5.41) is 12.8. The molecule has 0 saturated heterocycles. The average Bonchev–Trinajstić information content (AvgIpc) is 3.45. The minimum atomic E-state index is -0.0561. The Morgan fingerprint density at radius 1 is 0.283 bits per heavy atom. The fraction of sp³-hybridized carbons (Fsp3) is 0.0566. The van der Waals surface area contributed by atoms with Crippen molar-refractivity contribution in [3.05, 3.63) is 193 Å². The second kappa shape index (κ2) is 11.2. The van der Waals surface area contributed by atoms with Crippen molar-refractivity contribution in [2.24, 2.45) is 0 Å². The summed E-state index contributed by atoms with van der Waals surface area (Å²) in [4.78, 5) is 0.